The Bertz CT molecular complexity index is 2600. The Morgan fingerprint density at radius 3 is 2.09 bits per heavy atom. The summed E-state index contributed by atoms with van der Waals surface area (Å²) in [4.78, 5) is 117. The second-order valence-electron chi connectivity index (χ2n) is 14.3. The van der Waals surface area contributed by atoms with E-state index in [4.69, 9.17) is 53.8 Å². The van der Waals surface area contributed by atoms with Crippen LogP contribution < -0.4 is 5.32 Å². The van der Waals surface area contributed by atoms with Gasteiger partial charge in [-0.2, -0.15) is 0 Å². The highest BCUT2D eigenvalue weighted by Gasteiger charge is 2.36. The summed E-state index contributed by atoms with van der Waals surface area (Å²) in [6, 6.07) is 6.77. The molecular formula is C39H46Cl3N13O19S. The Labute approximate surface area is 442 Å². The average molecular weight is 1140 g/mol. The Balaban J connectivity index is 0.000000297. The van der Waals surface area contributed by atoms with Gasteiger partial charge in [0.2, 0.25) is 19.9 Å². The van der Waals surface area contributed by atoms with Crippen molar-refractivity contribution in [1.82, 2.24) is 44.8 Å². The number of nitrogens with zero attached hydrogens (tertiary/aromatic N) is 11. The van der Waals surface area contributed by atoms with Crippen molar-refractivity contribution in [2.24, 2.45) is 5.10 Å². The summed E-state index contributed by atoms with van der Waals surface area (Å²) >= 11 is 18.6. The molecular weight excluding hydrogens is 1090 g/mol. The van der Waals surface area contributed by atoms with E-state index in [9.17, 15) is 59.1 Å². The quantitative estimate of drug-likeness (QED) is 0.0430. The summed E-state index contributed by atoms with van der Waals surface area (Å²) in [5, 5.41) is 37.6. The second-order valence-corrected chi connectivity index (χ2v) is 16.9. The predicted octanol–water partition coefficient (Wildman–Crippen LogP) is 4.84. The lowest BCUT2D eigenvalue weighted by Crippen LogP contribution is -2.47. The molecule has 1 atom stereocenters. The van der Waals surface area contributed by atoms with Crippen molar-refractivity contribution in [2.45, 2.75) is 60.5 Å². The Morgan fingerprint density at radius 2 is 1.55 bits per heavy atom. The number of amides is 3. The van der Waals surface area contributed by atoms with Crippen molar-refractivity contribution < 1.29 is 76.8 Å². The fourth-order valence-corrected chi connectivity index (χ4v) is 7.19. The van der Waals surface area contributed by atoms with Gasteiger partial charge in [-0.3, -0.25) is 39.9 Å². The number of hydrogen-bond acceptors (Lipinski definition) is 24. The number of ether oxygens (including phenoxy) is 7. The van der Waals surface area contributed by atoms with Crippen LogP contribution in [0.3, 0.4) is 0 Å². The highest BCUT2D eigenvalue weighted by molar-refractivity contribution is 7.16. The molecule has 2 aliphatic rings. The zero-order valence-electron chi connectivity index (χ0n) is 40.0. The number of halogens is 3. The van der Waals surface area contributed by atoms with Gasteiger partial charge in [0.1, 0.15) is 23.7 Å². The third kappa shape index (κ3) is 22.7. The molecule has 3 aromatic rings. The molecule has 0 bridgehead atoms. The number of esters is 3. The van der Waals surface area contributed by atoms with Crippen LogP contribution in [-0.2, 0) is 67.2 Å². The number of hydrazone groups is 1. The first-order chi connectivity index (χ1) is 35.4. The number of alkyl carbamates (subject to hydrolysis) is 1. The molecule has 2 N–H and O–H groups in total. The van der Waals surface area contributed by atoms with E-state index in [2.05, 4.69) is 39.6 Å². The smallest absolute Gasteiger partial charge is 0.420 e. The average Bonchev–Trinajstić information content (AvgIpc) is 4.04. The number of H-pyrrole nitrogens is 1. The number of aromatic nitrogens is 3. The van der Waals surface area contributed by atoms with Gasteiger partial charge in [-0.25, -0.2) is 44.3 Å². The molecule has 3 aromatic heterocycles. The minimum atomic E-state index is -1.15. The molecule has 0 aliphatic carbocycles. The van der Waals surface area contributed by atoms with Crippen molar-refractivity contribution in [3.63, 3.8) is 0 Å². The van der Waals surface area contributed by atoms with Crippen molar-refractivity contribution in [1.29, 1.82) is 0 Å². The van der Waals surface area contributed by atoms with Crippen LogP contribution in [0.4, 0.5) is 14.4 Å². The number of nitro groups is 3. The lowest BCUT2D eigenvalue weighted by molar-refractivity contribution is -0.486. The summed E-state index contributed by atoms with van der Waals surface area (Å²) in [5.74, 6) is -2.17. The predicted molar refractivity (Wildman–Crippen MR) is 255 cm³/mol. The van der Waals surface area contributed by atoms with Crippen molar-refractivity contribution in [2.75, 3.05) is 46.7 Å². The van der Waals surface area contributed by atoms with E-state index in [1.165, 1.54) is 52.3 Å². The Hall–Kier alpha value is -8.14. The number of carbonyl (C=O) groups excluding carboxylic acids is 6. The summed E-state index contributed by atoms with van der Waals surface area (Å²) in [6.45, 7) is 6.61. The van der Waals surface area contributed by atoms with Crippen LogP contribution in [0.25, 0.3) is 0 Å². The normalized spacial score (nSPS) is 14.5. The number of thiophene rings is 1. The minimum Gasteiger partial charge on any atom is -0.428 e. The number of rotatable bonds is 18. The van der Waals surface area contributed by atoms with E-state index in [-0.39, 0.29) is 62.5 Å². The van der Waals surface area contributed by atoms with Gasteiger partial charge in [0, 0.05) is 58.4 Å². The van der Waals surface area contributed by atoms with Crippen LogP contribution in [0.1, 0.15) is 50.8 Å². The number of hydrogen-bond donors (Lipinski definition) is 2. The number of nitrogens with one attached hydrogen (secondary N) is 2. The van der Waals surface area contributed by atoms with E-state index in [0.717, 1.165) is 34.1 Å². The van der Waals surface area contributed by atoms with E-state index in [1.807, 2.05) is 0 Å². The fraction of sp³-hybridized carbons (Fsp3) is 0.410. The van der Waals surface area contributed by atoms with Crippen molar-refractivity contribution in [3.05, 3.63) is 122 Å². The number of imidazole rings is 1. The standard InChI is InChI=1S/C14H16ClN3O7S.C13H14ClN5O6.C12H16ClN5O6/c1-9(19)24-10(2)25-14(20)17-8-23-7-16(13(17)6-18(21)22)5-11-3-4-12(15)26-11;1-9(20)24-8-25-13(21)18-5-4-17(12(18)16-19(22)23)7-10-2-3-11(14)15-6-10;1-3-17(5-9-4-14-11(13)15-9)10(6-18(21)22)16-12(20)24-7-23-8(2)19/h3-4,6,10H,5,7-8H2,1-2H3;2-3,6H,4-5,7-8H2,1H3;4,6H,3,5,7H2,1-2H3,(H,14,15)(H,16,20)/b13-6+;16-12-;10-6-. The zero-order valence-corrected chi connectivity index (χ0v) is 43.1. The van der Waals surface area contributed by atoms with Gasteiger partial charge in [-0.05, 0) is 42.3 Å². The maximum absolute atomic E-state index is 12.3. The van der Waals surface area contributed by atoms with Gasteiger partial charge in [-0.1, -0.05) is 29.3 Å². The second kappa shape index (κ2) is 30.8. The summed E-state index contributed by atoms with van der Waals surface area (Å²) < 4.78 is 33.9. The zero-order chi connectivity index (χ0) is 55.8. The molecule has 75 heavy (non-hydrogen) atoms. The number of pyridine rings is 1. The highest BCUT2D eigenvalue weighted by atomic mass is 35.5. The Kier molecular flexibility index (Phi) is 25.1. The molecule has 0 aromatic carbocycles. The fourth-order valence-electron chi connectivity index (χ4n) is 5.80. The topological polar surface area (TPSA) is 379 Å². The number of carbonyl (C=O) groups is 6. The van der Waals surface area contributed by atoms with E-state index < -0.39 is 70.9 Å². The molecule has 36 heteroatoms. The molecule has 5 rings (SSSR count). The third-order valence-electron chi connectivity index (χ3n) is 8.79. The first-order valence-corrected chi connectivity index (χ1v) is 23.0. The highest BCUT2D eigenvalue weighted by Crippen LogP contribution is 2.27. The third-order valence-corrected chi connectivity index (χ3v) is 10.4. The molecule has 408 valence electrons. The molecule has 2 aliphatic heterocycles. The molecule has 2 fully saturated rings. The van der Waals surface area contributed by atoms with Crippen LogP contribution >= 0.6 is 46.1 Å². The first kappa shape index (κ1) is 61.2. The molecule has 3 amide bonds. The van der Waals surface area contributed by atoms with Gasteiger partial charge >= 0.3 is 36.2 Å². The van der Waals surface area contributed by atoms with Crippen LogP contribution in [0.5, 0.6) is 0 Å². The Morgan fingerprint density at radius 1 is 0.853 bits per heavy atom. The van der Waals surface area contributed by atoms with Crippen LogP contribution in [0.15, 0.2) is 65.8 Å². The largest absolute Gasteiger partial charge is 0.428 e. The molecule has 0 spiro atoms. The van der Waals surface area contributed by atoms with Gasteiger partial charge < -0.3 is 52.8 Å². The molecule has 5 heterocycles. The SMILES string of the molecule is CC(=O)OC(C)OC(=O)N1COCN(Cc2ccc(Cl)s2)/C1=C\[N+](=O)[O-].CC(=O)OCOC(=O)N1CCN(Cc2ccc(Cl)nc2)/C1=N/[N+](=O)[O-].CCN(Cc1cnc(Cl)[nH]1)/C(=C\[N+](=O)[O-])NC(=O)OCOC(C)=O. The molecule has 32 nitrogen and oxygen atoms in total. The van der Waals surface area contributed by atoms with Crippen molar-refractivity contribution >= 4 is 88.3 Å². The lowest BCUT2D eigenvalue weighted by atomic mass is 10.3. The molecule has 0 radical (unpaired) electrons. The van der Waals surface area contributed by atoms with Crippen LogP contribution in [-0.4, -0.2) is 149 Å². The summed E-state index contributed by atoms with van der Waals surface area (Å²) in [7, 11) is 0. The maximum Gasteiger partial charge on any atom is 0.420 e. The summed E-state index contributed by atoms with van der Waals surface area (Å²) in [5.41, 5.74) is 1.32. The van der Waals surface area contributed by atoms with Crippen LogP contribution in [0.2, 0.25) is 14.8 Å². The molecule has 1 unspecified atom stereocenters. The first-order valence-electron chi connectivity index (χ1n) is 21.0. The molecule has 0 saturated carbocycles. The number of aromatic amines is 1. The van der Waals surface area contributed by atoms with Gasteiger partial charge in [0.15, 0.2) is 22.0 Å². The van der Waals surface area contributed by atoms with E-state index in [0.29, 0.717) is 40.7 Å². The monoisotopic (exact) mass is 1140 g/mol. The van der Waals surface area contributed by atoms with Gasteiger partial charge in [-0.15, -0.1) is 11.3 Å². The lowest BCUT2D eigenvalue weighted by Gasteiger charge is -2.36. The van der Waals surface area contributed by atoms with E-state index >= 15 is 0 Å². The number of guanidine groups is 1. The minimum absolute atomic E-state index is 0.00852. The van der Waals surface area contributed by atoms with Crippen molar-refractivity contribution in [3.8, 4) is 0 Å². The van der Waals surface area contributed by atoms with Gasteiger partial charge in [0.25, 0.3) is 18.4 Å². The maximum atomic E-state index is 12.3. The van der Waals surface area contributed by atoms with E-state index in [1.54, 1.807) is 31.2 Å². The van der Waals surface area contributed by atoms with Gasteiger partial charge in [0.05, 0.1) is 45.7 Å². The van der Waals surface area contributed by atoms with Crippen LogP contribution in [0, 0.1) is 30.3 Å². The summed E-state index contributed by atoms with van der Waals surface area (Å²) in [6.07, 6.45) is 0.291. The molecule has 2 saturated heterocycles.